The van der Waals surface area contributed by atoms with E-state index in [1.807, 2.05) is 24.3 Å². The number of fused-ring (bicyclic) bond motifs is 1. The summed E-state index contributed by atoms with van der Waals surface area (Å²) in [5.41, 5.74) is 0.395. The van der Waals surface area contributed by atoms with Crippen LogP contribution in [0.2, 0.25) is 0 Å². The lowest BCUT2D eigenvalue weighted by Crippen LogP contribution is -2.33. The highest BCUT2D eigenvalue weighted by Crippen LogP contribution is 2.32. The van der Waals surface area contributed by atoms with Gasteiger partial charge in [-0.1, -0.05) is 25.0 Å². The molecule has 1 aliphatic carbocycles. The number of hydrogen-bond donors (Lipinski definition) is 1. The SMILES string of the molecule is CN(CCC1(O)CCCC1)C(=O)/C=C/c1nc2ccccc2s1. The van der Waals surface area contributed by atoms with E-state index in [1.165, 1.54) is 0 Å². The van der Waals surface area contributed by atoms with Crippen molar-refractivity contribution in [1.29, 1.82) is 0 Å². The maximum atomic E-state index is 12.2. The zero-order chi connectivity index (χ0) is 16.3. The second-order valence-electron chi connectivity index (χ2n) is 6.29. The van der Waals surface area contributed by atoms with Crippen molar-refractivity contribution in [2.75, 3.05) is 13.6 Å². The second kappa shape index (κ2) is 6.81. The van der Waals surface area contributed by atoms with Gasteiger partial charge in [-0.3, -0.25) is 4.79 Å². The van der Waals surface area contributed by atoms with Crippen LogP contribution in [0.1, 0.15) is 37.1 Å². The third-order valence-electron chi connectivity index (χ3n) is 4.50. The summed E-state index contributed by atoms with van der Waals surface area (Å²) >= 11 is 1.58. The van der Waals surface area contributed by atoms with E-state index in [-0.39, 0.29) is 5.91 Å². The second-order valence-corrected chi connectivity index (χ2v) is 7.36. The van der Waals surface area contributed by atoms with E-state index in [0.29, 0.717) is 13.0 Å². The highest BCUT2D eigenvalue weighted by atomic mass is 32.1. The average Bonchev–Trinajstić information content (AvgIpc) is 3.16. The Hall–Kier alpha value is -1.72. The Labute approximate surface area is 140 Å². The van der Waals surface area contributed by atoms with Crippen LogP contribution in [-0.4, -0.2) is 40.1 Å². The van der Waals surface area contributed by atoms with Gasteiger partial charge >= 0.3 is 0 Å². The number of benzene rings is 1. The van der Waals surface area contributed by atoms with E-state index >= 15 is 0 Å². The number of carbonyl (C=O) groups excluding carboxylic acids is 1. The van der Waals surface area contributed by atoms with Gasteiger partial charge in [0.25, 0.3) is 0 Å². The summed E-state index contributed by atoms with van der Waals surface area (Å²) in [5, 5.41) is 11.2. The van der Waals surface area contributed by atoms with Gasteiger partial charge in [0.1, 0.15) is 5.01 Å². The van der Waals surface area contributed by atoms with E-state index < -0.39 is 5.60 Å². The molecule has 122 valence electrons. The molecule has 1 saturated carbocycles. The van der Waals surface area contributed by atoms with Gasteiger partial charge < -0.3 is 10.0 Å². The molecule has 4 nitrogen and oxygen atoms in total. The lowest BCUT2D eigenvalue weighted by molar-refractivity contribution is -0.125. The molecule has 5 heteroatoms. The van der Waals surface area contributed by atoms with Crippen molar-refractivity contribution < 1.29 is 9.90 Å². The Kier molecular flexibility index (Phi) is 4.78. The molecule has 1 aromatic heterocycles. The van der Waals surface area contributed by atoms with Gasteiger partial charge in [0, 0.05) is 19.7 Å². The minimum atomic E-state index is -0.564. The van der Waals surface area contributed by atoms with E-state index in [4.69, 9.17) is 0 Å². The monoisotopic (exact) mass is 330 g/mol. The predicted octanol–water partition coefficient (Wildman–Crippen LogP) is 3.46. The van der Waals surface area contributed by atoms with Crippen LogP contribution >= 0.6 is 11.3 Å². The third kappa shape index (κ3) is 3.98. The van der Waals surface area contributed by atoms with Crippen molar-refractivity contribution in [3.8, 4) is 0 Å². The first-order valence-corrected chi connectivity index (χ1v) is 8.89. The summed E-state index contributed by atoms with van der Waals surface area (Å²) in [6.07, 6.45) is 7.89. The summed E-state index contributed by atoms with van der Waals surface area (Å²) in [5.74, 6) is -0.0501. The number of likely N-dealkylation sites (N-methyl/N-ethyl adjacent to an activating group) is 1. The first-order valence-electron chi connectivity index (χ1n) is 8.07. The standard InChI is InChI=1S/C18H22N2O2S/c1-20(13-12-18(22)10-4-5-11-18)17(21)9-8-16-19-14-6-2-3-7-15(14)23-16/h2-3,6-9,22H,4-5,10-13H2,1H3/b9-8+. The zero-order valence-corrected chi connectivity index (χ0v) is 14.2. The molecule has 3 rings (SSSR count). The van der Waals surface area contributed by atoms with Crippen LogP contribution in [0.25, 0.3) is 16.3 Å². The third-order valence-corrected chi connectivity index (χ3v) is 5.50. The summed E-state index contributed by atoms with van der Waals surface area (Å²) in [7, 11) is 1.78. The number of aromatic nitrogens is 1. The van der Waals surface area contributed by atoms with Crippen molar-refractivity contribution in [1.82, 2.24) is 9.88 Å². The minimum absolute atomic E-state index is 0.0501. The van der Waals surface area contributed by atoms with Gasteiger partial charge in [0.15, 0.2) is 0 Å². The van der Waals surface area contributed by atoms with Crippen molar-refractivity contribution in [2.45, 2.75) is 37.7 Å². The molecule has 0 bridgehead atoms. The number of nitrogens with zero attached hydrogens (tertiary/aromatic N) is 2. The highest BCUT2D eigenvalue weighted by Gasteiger charge is 2.31. The number of carbonyl (C=O) groups is 1. The Bertz CT molecular complexity index is 684. The van der Waals surface area contributed by atoms with Crippen molar-refractivity contribution >= 4 is 33.5 Å². The summed E-state index contributed by atoms with van der Waals surface area (Å²) in [4.78, 5) is 18.3. The number of thiazole rings is 1. The number of para-hydroxylation sites is 1. The molecule has 23 heavy (non-hydrogen) atoms. The maximum absolute atomic E-state index is 12.2. The molecule has 0 unspecified atom stereocenters. The topological polar surface area (TPSA) is 53.4 Å². The molecule has 1 fully saturated rings. The molecule has 1 N–H and O–H groups in total. The number of rotatable bonds is 5. The molecule has 0 saturated heterocycles. The highest BCUT2D eigenvalue weighted by molar-refractivity contribution is 7.19. The first-order chi connectivity index (χ1) is 11.1. The summed E-state index contributed by atoms with van der Waals surface area (Å²) in [6, 6.07) is 7.95. The predicted molar refractivity (Wildman–Crippen MR) is 94.3 cm³/mol. The van der Waals surface area contributed by atoms with Crippen LogP contribution in [0.5, 0.6) is 0 Å². The molecule has 0 spiro atoms. The maximum Gasteiger partial charge on any atom is 0.246 e. The average molecular weight is 330 g/mol. The molecule has 1 amide bonds. The molecule has 0 radical (unpaired) electrons. The first kappa shape index (κ1) is 16.1. The molecule has 0 aliphatic heterocycles. The van der Waals surface area contributed by atoms with Gasteiger partial charge in [-0.2, -0.15) is 0 Å². The molecule has 1 heterocycles. The Morgan fingerprint density at radius 2 is 2.13 bits per heavy atom. The van der Waals surface area contributed by atoms with Gasteiger partial charge in [-0.15, -0.1) is 11.3 Å². The molecule has 0 atom stereocenters. The smallest absolute Gasteiger partial charge is 0.246 e. The fraction of sp³-hybridized carbons (Fsp3) is 0.444. The van der Waals surface area contributed by atoms with Crippen LogP contribution < -0.4 is 0 Å². The zero-order valence-electron chi connectivity index (χ0n) is 13.4. The van der Waals surface area contributed by atoms with Crippen molar-refractivity contribution in [3.63, 3.8) is 0 Å². The van der Waals surface area contributed by atoms with Gasteiger partial charge in [0.05, 0.1) is 15.8 Å². The van der Waals surface area contributed by atoms with Gasteiger partial charge in [-0.05, 0) is 37.5 Å². The molecule has 2 aromatic rings. The van der Waals surface area contributed by atoms with Gasteiger partial charge in [0.2, 0.25) is 5.91 Å². The van der Waals surface area contributed by atoms with Crippen LogP contribution in [0, 0.1) is 0 Å². The van der Waals surface area contributed by atoms with Crippen LogP contribution in [-0.2, 0) is 4.79 Å². The number of aliphatic hydroxyl groups is 1. The lowest BCUT2D eigenvalue weighted by atomic mass is 9.98. The molecular weight excluding hydrogens is 308 g/mol. The quantitative estimate of drug-likeness (QED) is 0.854. The Morgan fingerprint density at radius 3 is 2.87 bits per heavy atom. The lowest BCUT2D eigenvalue weighted by Gasteiger charge is -2.25. The van der Waals surface area contributed by atoms with Crippen LogP contribution in [0.15, 0.2) is 30.3 Å². The fourth-order valence-electron chi connectivity index (χ4n) is 3.00. The Balaban J connectivity index is 1.57. The fourth-order valence-corrected chi connectivity index (χ4v) is 3.87. The van der Waals surface area contributed by atoms with Gasteiger partial charge in [-0.25, -0.2) is 4.98 Å². The van der Waals surface area contributed by atoms with E-state index in [0.717, 1.165) is 40.9 Å². The minimum Gasteiger partial charge on any atom is -0.390 e. The Morgan fingerprint density at radius 1 is 1.39 bits per heavy atom. The molecule has 1 aliphatic rings. The van der Waals surface area contributed by atoms with E-state index in [1.54, 1.807) is 35.4 Å². The normalized spacial score (nSPS) is 17.1. The number of amides is 1. The molecule has 1 aromatic carbocycles. The van der Waals surface area contributed by atoms with Crippen LogP contribution in [0.3, 0.4) is 0 Å². The van der Waals surface area contributed by atoms with Crippen molar-refractivity contribution in [3.05, 3.63) is 35.3 Å². The number of hydrogen-bond acceptors (Lipinski definition) is 4. The summed E-state index contributed by atoms with van der Waals surface area (Å²) < 4.78 is 1.12. The molecular formula is C18H22N2O2S. The van der Waals surface area contributed by atoms with Crippen molar-refractivity contribution in [2.24, 2.45) is 0 Å². The van der Waals surface area contributed by atoms with E-state index in [9.17, 15) is 9.90 Å². The van der Waals surface area contributed by atoms with Crippen LogP contribution in [0.4, 0.5) is 0 Å². The van der Waals surface area contributed by atoms with E-state index in [2.05, 4.69) is 4.98 Å². The largest absolute Gasteiger partial charge is 0.390 e. The summed E-state index contributed by atoms with van der Waals surface area (Å²) in [6.45, 7) is 0.583.